The predicted molar refractivity (Wildman–Crippen MR) is 42.7 cm³/mol. The summed E-state index contributed by atoms with van der Waals surface area (Å²) in [6.45, 7) is 1.87. The van der Waals surface area contributed by atoms with Crippen LogP contribution >= 0.6 is 0 Å². The van der Waals surface area contributed by atoms with Crippen molar-refractivity contribution in [2.24, 2.45) is 10.8 Å². The molecule has 0 radical (unpaired) electrons. The fourth-order valence-corrected chi connectivity index (χ4v) is 1.15. The number of hydrazone groups is 1. The van der Waals surface area contributed by atoms with Crippen molar-refractivity contribution >= 4 is 5.84 Å². The Labute approximate surface area is 66.3 Å². The average molecular weight is 152 g/mol. The summed E-state index contributed by atoms with van der Waals surface area (Å²) in [6.07, 6.45) is 3.57. The molecule has 0 aliphatic carbocycles. The Morgan fingerprint density at radius 1 is 1.36 bits per heavy atom. The van der Waals surface area contributed by atoms with Crippen LogP contribution in [0.3, 0.4) is 0 Å². The number of rotatable bonds is 1. The SMILES string of the molecule is N#C/C(N)=N/N1CCCCC1. The van der Waals surface area contributed by atoms with E-state index in [4.69, 9.17) is 11.0 Å². The van der Waals surface area contributed by atoms with Gasteiger partial charge in [-0.05, 0) is 19.3 Å². The van der Waals surface area contributed by atoms with Gasteiger partial charge in [0.25, 0.3) is 0 Å². The molecular formula is C7H12N4. The number of nitriles is 1. The molecule has 0 aromatic rings. The zero-order chi connectivity index (χ0) is 8.10. The summed E-state index contributed by atoms with van der Waals surface area (Å²) < 4.78 is 0. The van der Waals surface area contributed by atoms with Crippen molar-refractivity contribution in [2.45, 2.75) is 19.3 Å². The summed E-state index contributed by atoms with van der Waals surface area (Å²) >= 11 is 0. The average Bonchev–Trinajstić information content (AvgIpc) is 2.06. The maximum Gasteiger partial charge on any atom is 0.221 e. The summed E-state index contributed by atoms with van der Waals surface area (Å²) in [5.41, 5.74) is 5.25. The van der Waals surface area contributed by atoms with Crippen LogP contribution in [-0.2, 0) is 0 Å². The minimum absolute atomic E-state index is 0.0619. The van der Waals surface area contributed by atoms with Crippen molar-refractivity contribution in [3.05, 3.63) is 0 Å². The van der Waals surface area contributed by atoms with Gasteiger partial charge in [0.2, 0.25) is 5.84 Å². The van der Waals surface area contributed by atoms with Gasteiger partial charge in [-0.2, -0.15) is 5.26 Å². The molecule has 60 valence electrons. The molecule has 0 saturated carbocycles. The second kappa shape index (κ2) is 3.81. The molecule has 0 atom stereocenters. The molecule has 0 aromatic heterocycles. The van der Waals surface area contributed by atoms with E-state index in [1.807, 2.05) is 5.01 Å². The molecule has 1 aliphatic rings. The highest BCUT2D eigenvalue weighted by atomic mass is 15.5. The Morgan fingerprint density at radius 3 is 2.55 bits per heavy atom. The number of hydrogen-bond donors (Lipinski definition) is 1. The maximum atomic E-state index is 8.33. The third kappa shape index (κ3) is 2.46. The molecule has 1 aliphatic heterocycles. The van der Waals surface area contributed by atoms with Crippen LogP contribution in [-0.4, -0.2) is 23.9 Å². The van der Waals surface area contributed by atoms with Crippen molar-refractivity contribution in [3.63, 3.8) is 0 Å². The largest absolute Gasteiger partial charge is 0.373 e. The molecule has 1 rings (SSSR count). The van der Waals surface area contributed by atoms with Crippen LogP contribution in [0, 0.1) is 11.3 Å². The van der Waals surface area contributed by atoms with Gasteiger partial charge in [0.1, 0.15) is 6.07 Å². The van der Waals surface area contributed by atoms with Gasteiger partial charge in [-0.1, -0.05) is 0 Å². The van der Waals surface area contributed by atoms with Crippen LogP contribution in [0.1, 0.15) is 19.3 Å². The molecule has 1 fully saturated rings. The van der Waals surface area contributed by atoms with E-state index in [1.54, 1.807) is 6.07 Å². The summed E-state index contributed by atoms with van der Waals surface area (Å²) in [5.74, 6) is 0.0619. The lowest BCUT2D eigenvalue weighted by Crippen LogP contribution is -2.27. The highest BCUT2D eigenvalue weighted by Crippen LogP contribution is 2.07. The molecule has 11 heavy (non-hydrogen) atoms. The molecule has 1 saturated heterocycles. The minimum atomic E-state index is 0.0619. The van der Waals surface area contributed by atoms with E-state index in [1.165, 1.54) is 6.42 Å². The second-order valence-electron chi connectivity index (χ2n) is 2.61. The van der Waals surface area contributed by atoms with E-state index in [2.05, 4.69) is 5.10 Å². The van der Waals surface area contributed by atoms with Crippen LogP contribution < -0.4 is 5.73 Å². The van der Waals surface area contributed by atoms with Crippen molar-refractivity contribution in [1.82, 2.24) is 5.01 Å². The number of nitrogens with two attached hydrogens (primary N) is 1. The topological polar surface area (TPSA) is 65.4 Å². The maximum absolute atomic E-state index is 8.33. The lowest BCUT2D eigenvalue weighted by Gasteiger charge is -2.22. The van der Waals surface area contributed by atoms with E-state index < -0.39 is 0 Å². The number of amidine groups is 1. The predicted octanol–water partition coefficient (Wildman–Crippen LogP) is 0.268. The molecule has 0 unspecified atom stereocenters. The first kappa shape index (κ1) is 7.86. The van der Waals surface area contributed by atoms with Crippen LogP contribution in [0.25, 0.3) is 0 Å². The third-order valence-electron chi connectivity index (χ3n) is 1.70. The number of piperidine rings is 1. The van der Waals surface area contributed by atoms with Crippen LogP contribution in [0.2, 0.25) is 0 Å². The summed E-state index contributed by atoms with van der Waals surface area (Å²) in [6, 6.07) is 1.80. The van der Waals surface area contributed by atoms with Crippen molar-refractivity contribution < 1.29 is 0 Å². The smallest absolute Gasteiger partial charge is 0.221 e. The molecular weight excluding hydrogens is 140 g/mol. The van der Waals surface area contributed by atoms with Crippen molar-refractivity contribution in [3.8, 4) is 6.07 Å². The molecule has 4 nitrogen and oxygen atoms in total. The Morgan fingerprint density at radius 2 is 2.00 bits per heavy atom. The first-order valence-corrected chi connectivity index (χ1v) is 3.82. The number of nitrogens with zero attached hydrogens (tertiary/aromatic N) is 3. The lowest BCUT2D eigenvalue weighted by molar-refractivity contribution is 0.239. The second-order valence-corrected chi connectivity index (χ2v) is 2.61. The number of hydrogen-bond acceptors (Lipinski definition) is 3. The Kier molecular flexibility index (Phi) is 2.73. The first-order valence-electron chi connectivity index (χ1n) is 3.82. The van der Waals surface area contributed by atoms with E-state index >= 15 is 0 Å². The first-order chi connectivity index (χ1) is 5.33. The zero-order valence-corrected chi connectivity index (χ0v) is 6.45. The van der Waals surface area contributed by atoms with Crippen molar-refractivity contribution in [1.29, 1.82) is 5.26 Å². The molecule has 2 N–H and O–H groups in total. The lowest BCUT2D eigenvalue weighted by atomic mass is 10.2. The van der Waals surface area contributed by atoms with Crippen LogP contribution in [0.15, 0.2) is 5.10 Å². The van der Waals surface area contributed by atoms with E-state index in [9.17, 15) is 0 Å². The van der Waals surface area contributed by atoms with Crippen LogP contribution in [0.4, 0.5) is 0 Å². The van der Waals surface area contributed by atoms with E-state index in [0.29, 0.717) is 0 Å². The highest BCUT2D eigenvalue weighted by Gasteiger charge is 2.07. The molecule has 0 aromatic carbocycles. The van der Waals surface area contributed by atoms with Crippen molar-refractivity contribution in [2.75, 3.05) is 13.1 Å². The summed E-state index contributed by atoms with van der Waals surface area (Å²) in [4.78, 5) is 0. The fraction of sp³-hybridized carbons (Fsp3) is 0.714. The monoisotopic (exact) mass is 152 g/mol. The molecule has 0 bridgehead atoms. The van der Waals surface area contributed by atoms with Gasteiger partial charge in [-0.3, -0.25) is 5.01 Å². The zero-order valence-electron chi connectivity index (χ0n) is 6.45. The Balaban J connectivity index is 2.42. The van der Waals surface area contributed by atoms with Gasteiger partial charge in [0, 0.05) is 13.1 Å². The molecule has 0 spiro atoms. The normalized spacial score (nSPS) is 19.5. The third-order valence-corrected chi connectivity index (χ3v) is 1.70. The van der Waals surface area contributed by atoms with E-state index in [0.717, 1.165) is 25.9 Å². The molecule has 0 amide bonds. The quantitative estimate of drug-likeness (QED) is 0.433. The van der Waals surface area contributed by atoms with Gasteiger partial charge in [-0.15, -0.1) is 5.10 Å². The molecule has 1 heterocycles. The van der Waals surface area contributed by atoms with Gasteiger partial charge in [0.15, 0.2) is 0 Å². The van der Waals surface area contributed by atoms with Gasteiger partial charge in [-0.25, -0.2) is 0 Å². The van der Waals surface area contributed by atoms with Crippen LogP contribution in [0.5, 0.6) is 0 Å². The minimum Gasteiger partial charge on any atom is -0.373 e. The van der Waals surface area contributed by atoms with Gasteiger partial charge >= 0.3 is 0 Å². The van der Waals surface area contributed by atoms with E-state index in [-0.39, 0.29) is 5.84 Å². The Bertz CT molecular complexity index is 185. The van der Waals surface area contributed by atoms with Gasteiger partial charge < -0.3 is 5.73 Å². The fourth-order valence-electron chi connectivity index (χ4n) is 1.15. The Hall–Kier alpha value is -1.24. The highest BCUT2D eigenvalue weighted by molar-refractivity contribution is 5.94. The summed E-state index contributed by atoms with van der Waals surface area (Å²) in [7, 11) is 0. The standard InChI is InChI=1S/C7H12N4/c8-6-7(9)10-11-4-2-1-3-5-11/h1-5H2,(H2,9,10). The summed E-state index contributed by atoms with van der Waals surface area (Å²) in [5, 5.41) is 14.1. The van der Waals surface area contributed by atoms with Gasteiger partial charge in [0.05, 0.1) is 0 Å². The molecule has 4 heteroatoms.